The average Bonchev–Trinajstić information content (AvgIpc) is 2.85. The number of halogens is 1. The first-order chi connectivity index (χ1) is 14.7. The van der Waals surface area contributed by atoms with Gasteiger partial charge in [-0.1, -0.05) is 45.0 Å². The molecule has 0 radical (unpaired) electrons. The smallest absolute Gasteiger partial charge is 0.249 e. The number of nitrogens with zero attached hydrogens (tertiary/aromatic N) is 1. The van der Waals surface area contributed by atoms with Gasteiger partial charge < -0.3 is 10.4 Å². The van der Waals surface area contributed by atoms with Gasteiger partial charge in [-0.2, -0.15) is 0 Å². The van der Waals surface area contributed by atoms with Gasteiger partial charge in [-0.25, -0.2) is 0 Å². The molecule has 31 heavy (non-hydrogen) atoms. The van der Waals surface area contributed by atoms with Crippen LogP contribution in [0.5, 0.6) is 5.75 Å². The molecule has 0 fully saturated rings. The molecule has 0 saturated heterocycles. The first-order valence-electron chi connectivity index (χ1n) is 10.3. The second-order valence-electron chi connectivity index (χ2n) is 8.83. The summed E-state index contributed by atoms with van der Waals surface area (Å²) in [7, 11) is 0. The molecule has 0 bridgehead atoms. The van der Waals surface area contributed by atoms with Gasteiger partial charge >= 0.3 is 0 Å². The summed E-state index contributed by atoms with van der Waals surface area (Å²) in [4.78, 5) is 18.2. The predicted molar refractivity (Wildman–Crippen MR) is 134 cm³/mol. The van der Waals surface area contributed by atoms with Gasteiger partial charge in [0, 0.05) is 21.1 Å². The predicted octanol–water partition coefficient (Wildman–Crippen LogP) is 5.70. The number of amides is 1. The number of carbonyl (C=O) groups is 1. The Bertz CT molecular complexity index is 1160. The molecule has 0 aromatic heterocycles. The number of phenols is 1. The van der Waals surface area contributed by atoms with Gasteiger partial charge in [-0.3, -0.25) is 9.79 Å². The van der Waals surface area contributed by atoms with Crippen molar-refractivity contribution in [3.63, 3.8) is 0 Å². The van der Waals surface area contributed by atoms with E-state index in [2.05, 4.69) is 60.8 Å². The van der Waals surface area contributed by atoms with Crippen molar-refractivity contribution in [2.24, 2.45) is 4.99 Å². The topological polar surface area (TPSA) is 61.7 Å². The third kappa shape index (κ3) is 4.66. The number of nitrogens with one attached hydrogen (secondary N) is 1. The van der Waals surface area contributed by atoms with Gasteiger partial charge in [-0.05, 0) is 81.6 Å². The number of phenolic OH excluding ortho intramolecular Hbond substituents is 1. The normalized spacial score (nSPS) is 16.2. The minimum absolute atomic E-state index is 0.0274. The first kappa shape index (κ1) is 21.6. The maximum atomic E-state index is 13.2. The van der Waals surface area contributed by atoms with Crippen LogP contribution in [0.3, 0.4) is 0 Å². The average molecular weight is 524 g/mol. The lowest BCUT2D eigenvalue weighted by Gasteiger charge is -2.24. The summed E-state index contributed by atoms with van der Waals surface area (Å²) in [5, 5.41) is 12.8. The van der Waals surface area contributed by atoms with E-state index in [1.165, 1.54) is 5.56 Å². The molecule has 158 valence electrons. The molecule has 3 aromatic rings. The molecule has 1 unspecified atom stereocenters. The van der Waals surface area contributed by atoms with Crippen LogP contribution in [0.4, 0.5) is 5.69 Å². The minimum atomic E-state index is -0.558. The monoisotopic (exact) mass is 524 g/mol. The second-order valence-corrected chi connectivity index (χ2v) is 10.1. The maximum Gasteiger partial charge on any atom is 0.249 e. The number of benzodiazepines with no additional fused rings is 1. The van der Waals surface area contributed by atoms with E-state index in [0.717, 1.165) is 31.7 Å². The van der Waals surface area contributed by atoms with Crippen LogP contribution in [0.1, 0.15) is 43.0 Å². The summed E-state index contributed by atoms with van der Waals surface area (Å²) in [6, 6.07) is 20.6. The molecule has 0 saturated carbocycles. The fourth-order valence-electron chi connectivity index (χ4n) is 3.95. The van der Waals surface area contributed by atoms with Crippen molar-refractivity contribution in [3.05, 3.63) is 92.6 Å². The first-order valence-corrected chi connectivity index (χ1v) is 11.4. The van der Waals surface area contributed by atoms with Crippen LogP contribution >= 0.6 is 22.6 Å². The lowest BCUT2D eigenvalue weighted by atomic mass is 9.82. The van der Waals surface area contributed by atoms with Crippen molar-refractivity contribution in [1.29, 1.82) is 0 Å². The Morgan fingerprint density at radius 2 is 1.74 bits per heavy atom. The zero-order valence-electron chi connectivity index (χ0n) is 17.8. The van der Waals surface area contributed by atoms with Crippen LogP contribution in [-0.2, 0) is 16.6 Å². The molecule has 1 aliphatic heterocycles. The molecule has 2 N–H and O–H groups in total. The van der Waals surface area contributed by atoms with Crippen molar-refractivity contribution in [3.8, 4) is 5.75 Å². The zero-order chi connectivity index (χ0) is 22.2. The highest BCUT2D eigenvalue weighted by molar-refractivity contribution is 14.1. The van der Waals surface area contributed by atoms with E-state index in [9.17, 15) is 9.90 Å². The number of rotatable bonds is 3. The summed E-state index contributed by atoms with van der Waals surface area (Å²) in [5.41, 5.74) is 5.59. The third-order valence-corrected chi connectivity index (χ3v) is 6.13. The highest BCUT2D eigenvalue weighted by Crippen LogP contribution is 2.30. The molecule has 1 amide bonds. The second kappa shape index (κ2) is 8.46. The number of anilines is 1. The molecule has 1 atom stereocenters. The number of aromatic hydroxyl groups is 1. The Morgan fingerprint density at radius 3 is 2.45 bits per heavy atom. The summed E-state index contributed by atoms with van der Waals surface area (Å²) in [6.07, 6.45) is 0.520. The highest BCUT2D eigenvalue weighted by Gasteiger charge is 2.28. The molecule has 4 nitrogen and oxygen atoms in total. The fourth-order valence-corrected chi connectivity index (χ4v) is 4.44. The van der Waals surface area contributed by atoms with E-state index < -0.39 is 6.04 Å². The van der Waals surface area contributed by atoms with E-state index in [4.69, 9.17) is 4.99 Å². The number of carbonyl (C=O) groups excluding carboxylic acids is 1. The molecule has 0 aliphatic carbocycles. The zero-order valence-corrected chi connectivity index (χ0v) is 20.0. The van der Waals surface area contributed by atoms with Crippen molar-refractivity contribution >= 4 is 39.9 Å². The van der Waals surface area contributed by atoms with Gasteiger partial charge in [0.1, 0.15) is 11.8 Å². The van der Waals surface area contributed by atoms with E-state index in [-0.39, 0.29) is 17.1 Å². The number of benzene rings is 3. The van der Waals surface area contributed by atoms with Gasteiger partial charge in [0.2, 0.25) is 5.91 Å². The van der Waals surface area contributed by atoms with E-state index in [1.54, 1.807) is 12.1 Å². The Morgan fingerprint density at radius 1 is 1.03 bits per heavy atom. The fraction of sp³-hybridized carbons (Fsp3) is 0.231. The van der Waals surface area contributed by atoms with Gasteiger partial charge in [0.15, 0.2) is 0 Å². The van der Waals surface area contributed by atoms with E-state index in [0.29, 0.717) is 6.42 Å². The summed E-state index contributed by atoms with van der Waals surface area (Å²) >= 11 is 2.27. The Hall–Kier alpha value is -2.67. The van der Waals surface area contributed by atoms with Crippen LogP contribution < -0.4 is 5.32 Å². The Kier molecular flexibility index (Phi) is 5.88. The SMILES string of the molecule is CC(C)(C)c1ccccc1CC1N=C(c2ccc(O)cc2)c2cc(I)ccc2NC1=O. The number of hydrogen-bond donors (Lipinski definition) is 2. The van der Waals surface area contributed by atoms with Gasteiger partial charge in [-0.15, -0.1) is 0 Å². The van der Waals surface area contributed by atoms with Crippen molar-refractivity contribution in [2.45, 2.75) is 38.6 Å². The molecule has 5 heteroatoms. The molecule has 1 heterocycles. The van der Waals surface area contributed by atoms with Crippen LogP contribution in [0.15, 0.2) is 71.7 Å². The number of aliphatic imine (C=N–C) groups is 1. The molecule has 4 rings (SSSR count). The summed E-state index contributed by atoms with van der Waals surface area (Å²) in [5.74, 6) is 0.0886. The molecule has 3 aromatic carbocycles. The maximum absolute atomic E-state index is 13.2. The van der Waals surface area contributed by atoms with Crippen molar-refractivity contribution < 1.29 is 9.90 Å². The largest absolute Gasteiger partial charge is 0.508 e. The lowest BCUT2D eigenvalue weighted by Crippen LogP contribution is -2.29. The quantitative estimate of drug-likeness (QED) is 0.433. The van der Waals surface area contributed by atoms with Crippen LogP contribution in [-0.4, -0.2) is 22.8 Å². The number of hydrogen-bond acceptors (Lipinski definition) is 3. The van der Waals surface area contributed by atoms with Crippen molar-refractivity contribution in [1.82, 2.24) is 0 Å². The third-order valence-electron chi connectivity index (χ3n) is 5.46. The standard InChI is InChI=1S/C26H25IN2O2/c1-26(2,3)21-7-5-4-6-17(21)14-23-25(31)29-22-13-10-18(27)15-20(22)24(28-23)16-8-11-19(30)12-9-16/h4-13,15,23,30H,14H2,1-3H3,(H,29,31). The molecular formula is C26H25IN2O2. The van der Waals surface area contributed by atoms with Gasteiger partial charge in [0.25, 0.3) is 0 Å². The Balaban J connectivity index is 1.83. The Labute approximate surface area is 196 Å². The number of fused-ring (bicyclic) bond motifs is 1. The van der Waals surface area contributed by atoms with E-state index in [1.807, 2.05) is 42.5 Å². The van der Waals surface area contributed by atoms with E-state index >= 15 is 0 Å². The molecular weight excluding hydrogens is 499 g/mol. The van der Waals surface area contributed by atoms with Crippen LogP contribution in [0.2, 0.25) is 0 Å². The molecule has 0 spiro atoms. The van der Waals surface area contributed by atoms with Crippen LogP contribution in [0.25, 0.3) is 0 Å². The molecule has 1 aliphatic rings. The van der Waals surface area contributed by atoms with Crippen molar-refractivity contribution in [2.75, 3.05) is 5.32 Å². The highest BCUT2D eigenvalue weighted by atomic mass is 127. The summed E-state index contributed by atoms with van der Waals surface area (Å²) < 4.78 is 1.06. The van der Waals surface area contributed by atoms with Gasteiger partial charge in [0.05, 0.1) is 11.4 Å². The minimum Gasteiger partial charge on any atom is -0.508 e. The lowest BCUT2D eigenvalue weighted by molar-refractivity contribution is -0.117. The van der Waals surface area contributed by atoms with Crippen LogP contribution in [0, 0.1) is 3.57 Å². The summed E-state index contributed by atoms with van der Waals surface area (Å²) in [6.45, 7) is 6.55.